The number of nitrogens with two attached hydrogens (primary N) is 2. The van der Waals surface area contributed by atoms with Gasteiger partial charge in [-0.15, -0.1) is 23.1 Å². The van der Waals surface area contributed by atoms with Crippen molar-refractivity contribution in [3.05, 3.63) is 11.1 Å². The number of anilines is 1. The van der Waals surface area contributed by atoms with E-state index in [4.69, 9.17) is 21.4 Å². The van der Waals surface area contributed by atoms with Crippen molar-refractivity contribution in [2.75, 3.05) is 37.9 Å². The number of aliphatic carboxylic acids is 1. The molecule has 2 saturated heterocycles. The molecule has 7 N–H and O–H groups in total. The molecule has 3 amide bonds. The number of ether oxygens (including phenoxy) is 1. The van der Waals surface area contributed by atoms with Gasteiger partial charge in [-0.05, 0) is 0 Å². The third-order valence-corrected chi connectivity index (χ3v) is 6.96. The number of oxime groups is 1. The zero-order valence-corrected chi connectivity index (χ0v) is 18.1. The Morgan fingerprint density at radius 3 is 2.78 bits per heavy atom. The summed E-state index contributed by atoms with van der Waals surface area (Å²) in [6.45, 7) is -1.17. The number of amides is 3. The van der Waals surface area contributed by atoms with Crippen LogP contribution in [0, 0.1) is 5.41 Å². The quantitative estimate of drug-likeness (QED) is 0.111. The Bertz CT molecular complexity index is 955. The van der Waals surface area contributed by atoms with Gasteiger partial charge < -0.3 is 41.5 Å². The fourth-order valence-corrected chi connectivity index (χ4v) is 5.15. The standard InChI is InChI=1S/C16H20N6O8S2/c17-14-19-7(3-31-14)8(21-30-2-1-23)10(24)20-9-11(25)22-4-16(13(26)27,5-29-15(18)28)6-32-12(9)22/h3,9,12,23H,1-2,4-6H2,(H2,17,19)(H2,18,28)(H,20,24)(H,26,27)/t9?,12-,16?/m1/s1. The van der Waals surface area contributed by atoms with Crippen molar-refractivity contribution in [2.24, 2.45) is 16.3 Å². The maximum Gasteiger partial charge on any atom is 0.404 e. The molecule has 0 aromatic carbocycles. The number of rotatable bonds is 9. The number of thioether (sulfide) groups is 1. The molecule has 2 fully saturated rings. The van der Waals surface area contributed by atoms with Gasteiger partial charge in [0.1, 0.15) is 35.7 Å². The first-order valence-electron chi connectivity index (χ1n) is 9.09. The molecular formula is C16H20N6O8S2. The third kappa shape index (κ3) is 4.71. The van der Waals surface area contributed by atoms with Crippen LogP contribution >= 0.6 is 23.1 Å². The number of hydrogen-bond acceptors (Lipinski definition) is 12. The molecule has 16 heteroatoms. The molecule has 2 aliphatic rings. The lowest BCUT2D eigenvalue weighted by atomic mass is 9.88. The van der Waals surface area contributed by atoms with Crippen molar-refractivity contribution < 1.29 is 39.0 Å². The SMILES string of the molecule is NC(=O)OCC1(C(=O)O)CS[C@@H]2C(NC(=O)C(=NOCCO)c3csc(N)n3)C(=O)N2C1. The number of thiazole rings is 1. The highest BCUT2D eigenvalue weighted by Crippen LogP contribution is 2.42. The van der Waals surface area contributed by atoms with E-state index in [1.54, 1.807) is 0 Å². The van der Waals surface area contributed by atoms with E-state index < -0.39 is 47.3 Å². The van der Waals surface area contributed by atoms with E-state index >= 15 is 0 Å². The molecule has 0 aliphatic carbocycles. The average Bonchev–Trinajstić information content (AvgIpc) is 3.18. The number of fused-ring (bicyclic) bond motifs is 1. The van der Waals surface area contributed by atoms with Crippen molar-refractivity contribution in [1.82, 2.24) is 15.2 Å². The van der Waals surface area contributed by atoms with Crippen LogP contribution in [0.4, 0.5) is 9.93 Å². The predicted octanol–water partition coefficient (Wildman–Crippen LogP) is -2.00. The number of nitrogens with one attached hydrogen (secondary N) is 1. The number of aliphatic hydroxyl groups excluding tert-OH is 1. The van der Waals surface area contributed by atoms with E-state index in [-0.39, 0.29) is 42.0 Å². The molecule has 0 radical (unpaired) electrons. The highest BCUT2D eigenvalue weighted by atomic mass is 32.2. The lowest BCUT2D eigenvalue weighted by molar-refractivity contribution is -0.160. The molecule has 2 aliphatic heterocycles. The summed E-state index contributed by atoms with van der Waals surface area (Å²) in [5.74, 6) is -2.46. The molecule has 0 bridgehead atoms. The molecule has 3 atom stereocenters. The van der Waals surface area contributed by atoms with Crippen LogP contribution in [-0.2, 0) is 24.0 Å². The number of carbonyl (C=O) groups excluding carboxylic acids is 3. The van der Waals surface area contributed by atoms with E-state index in [1.807, 2.05) is 0 Å². The van der Waals surface area contributed by atoms with Gasteiger partial charge in [-0.3, -0.25) is 14.4 Å². The number of carbonyl (C=O) groups is 4. The van der Waals surface area contributed by atoms with Gasteiger partial charge in [-0.25, -0.2) is 9.78 Å². The summed E-state index contributed by atoms with van der Waals surface area (Å²) in [6, 6.07) is -0.935. The molecule has 3 rings (SSSR count). The lowest BCUT2D eigenvalue weighted by Gasteiger charge is -2.53. The predicted molar refractivity (Wildman–Crippen MR) is 112 cm³/mol. The summed E-state index contributed by atoms with van der Waals surface area (Å²) in [4.78, 5) is 58.3. The van der Waals surface area contributed by atoms with Gasteiger partial charge in [0.15, 0.2) is 10.8 Å². The van der Waals surface area contributed by atoms with Gasteiger partial charge in [0.05, 0.1) is 6.61 Å². The van der Waals surface area contributed by atoms with E-state index in [9.17, 15) is 24.3 Å². The Kier molecular flexibility index (Phi) is 7.05. The number of aromatic nitrogens is 1. The van der Waals surface area contributed by atoms with Crippen molar-refractivity contribution in [3.63, 3.8) is 0 Å². The number of nitrogen functional groups attached to an aromatic ring is 1. The Hall–Kier alpha value is -3.11. The maximum atomic E-state index is 12.8. The first-order valence-corrected chi connectivity index (χ1v) is 11.0. The van der Waals surface area contributed by atoms with Crippen molar-refractivity contribution >= 4 is 57.8 Å². The number of primary amides is 1. The number of carboxylic acids is 1. The van der Waals surface area contributed by atoms with Gasteiger partial charge in [0.2, 0.25) is 5.91 Å². The summed E-state index contributed by atoms with van der Waals surface area (Å²) in [7, 11) is 0. The first kappa shape index (κ1) is 23.6. The molecule has 1 aromatic rings. The topological polar surface area (TPSA) is 220 Å². The highest BCUT2D eigenvalue weighted by Gasteiger charge is 2.58. The minimum absolute atomic E-state index is 0.0274. The molecule has 2 unspecified atom stereocenters. The average molecular weight is 489 g/mol. The second-order valence-electron chi connectivity index (χ2n) is 6.88. The zero-order chi connectivity index (χ0) is 23.5. The van der Waals surface area contributed by atoms with Crippen LogP contribution in [0.15, 0.2) is 10.5 Å². The molecule has 174 valence electrons. The van der Waals surface area contributed by atoms with Gasteiger partial charge in [0.25, 0.3) is 5.91 Å². The molecular weight excluding hydrogens is 468 g/mol. The number of hydrogen-bond donors (Lipinski definition) is 5. The van der Waals surface area contributed by atoms with E-state index in [0.717, 1.165) is 23.1 Å². The second kappa shape index (κ2) is 9.58. The van der Waals surface area contributed by atoms with Gasteiger partial charge in [-0.2, -0.15) is 0 Å². The highest BCUT2D eigenvalue weighted by molar-refractivity contribution is 8.00. The smallest absolute Gasteiger partial charge is 0.404 e. The van der Waals surface area contributed by atoms with E-state index in [0.29, 0.717) is 0 Å². The second-order valence-corrected chi connectivity index (χ2v) is 8.87. The van der Waals surface area contributed by atoms with Crippen LogP contribution in [0.5, 0.6) is 0 Å². The van der Waals surface area contributed by atoms with E-state index in [2.05, 4.69) is 20.2 Å². The molecule has 0 spiro atoms. The summed E-state index contributed by atoms with van der Waals surface area (Å²) in [6.07, 6.45) is -1.12. The zero-order valence-electron chi connectivity index (χ0n) is 16.4. The summed E-state index contributed by atoms with van der Waals surface area (Å²) < 4.78 is 4.68. The number of β-lactam (4-membered cyclic amide) rings is 1. The van der Waals surface area contributed by atoms with Crippen LogP contribution in [0.3, 0.4) is 0 Å². The Balaban J connectivity index is 1.70. The summed E-state index contributed by atoms with van der Waals surface area (Å²) in [5, 5.41) is 25.9. The normalized spacial score (nSPS) is 24.8. The van der Waals surface area contributed by atoms with E-state index in [1.165, 1.54) is 10.3 Å². The Morgan fingerprint density at radius 2 is 2.19 bits per heavy atom. The summed E-state index contributed by atoms with van der Waals surface area (Å²) >= 11 is 2.20. The number of aliphatic hydroxyl groups is 1. The van der Waals surface area contributed by atoms with Crippen molar-refractivity contribution in [1.29, 1.82) is 0 Å². The van der Waals surface area contributed by atoms with Crippen LogP contribution in [-0.4, -0.2) is 93.2 Å². The van der Waals surface area contributed by atoms with Gasteiger partial charge in [0, 0.05) is 17.7 Å². The fourth-order valence-electron chi connectivity index (χ4n) is 3.08. The van der Waals surface area contributed by atoms with Crippen molar-refractivity contribution in [3.8, 4) is 0 Å². The number of carboxylic acid groups (broad SMARTS) is 1. The van der Waals surface area contributed by atoms with Crippen LogP contribution in [0.1, 0.15) is 5.69 Å². The monoisotopic (exact) mass is 488 g/mol. The fraction of sp³-hybridized carbons (Fsp3) is 0.500. The van der Waals surface area contributed by atoms with Gasteiger partial charge >= 0.3 is 12.1 Å². The largest absolute Gasteiger partial charge is 0.481 e. The molecule has 3 heterocycles. The van der Waals surface area contributed by atoms with Crippen LogP contribution in [0.2, 0.25) is 0 Å². The summed E-state index contributed by atoms with van der Waals surface area (Å²) in [5.41, 5.74) is 8.93. The molecule has 1 aromatic heterocycles. The molecule has 32 heavy (non-hydrogen) atoms. The number of nitrogens with zero attached hydrogens (tertiary/aromatic N) is 3. The Morgan fingerprint density at radius 1 is 1.44 bits per heavy atom. The maximum absolute atomic E-state index is 12.8. The van der Waals surface area contributed by atoms with Crippen molar-refractivity contribution in [2.45, 2.75) is 11.4 Å². The first-order chi connectivity index (χ1) is 15.2. The minimum atomic E-state index is -1.51. The minimum Gasteiger partial charge on any atom is -0.481 e. The van der Waals surface area contributed by atoms with Gasteiger partial charge in [-0.1, -0.05) is 5.16 Å². The van der Waals surface area contributed by atoms with Crippen LogP contribution < -0.4 is 16.8 Å². The Labute approximate surface area is 188 Å². The third-order valence-electron chi connectivity index (χ3n) is 4.69. The van der Waals surface area contributed by atoms with Crippen LogP contribution in [0.25, 0.3) is 0 Å². The molecule has 0 saturated carbocycles. The lowest BCUT2D eigenvalue weighted by Crippen LogP contribution is -2.74. The molecule has 14 nitrogen and oxygen atoms in total.